The Morgan fingerprint density at radius 3 is 1.96 bits per heavy atom. The van der Waals surface area contributed by atoms with E-state index in [4.69, 9.17) is 4.74 Å². The number of benzene rings is 2. The monoisotopic (exact) mass is 351 g/mol. The Bertz CT molecular complexity index is 644. The lowest BCUT2D eigenvalue weighted by atomic mass is 9.94. The highest BCUT2D eigenvalue weighted by Crippen LogP contribution is 2.38. The van der Waals surface area contributed by atoms with Crippen molar-refractivity contribution in [1.82, 2.24) is 4.90 Å². The molecule has 2 aromatic rings. The third-order valence-electron chi connectivity index (χ3n) is 5.67. The number of ether oxygens (including phenoxy) is 1. The molecule has 0 N–H and O–H groups in total. The minimum Gasteiger partial charge on any atom is -0.469 e. The molecule has 1 fully saturated rings. The summed E-state index contributed by atoms with van der Waals surface area (Å²) >= 11 is 0. The number of hydrogen-bond acceptors (Lipinski definition) is 3. The Morgan fingerprint density at radius 1 is 0.962 bits per heavy atom. The average Bonchev–Trinajstić information content (AvgIpc) is 3.13. The van der Waals surface area contributed by atoms with Crippen molar-refractivity contribution in [2.24, 2.45) is 11.8 Å². The molecule has 0 bridgehead atoms. The predicted octanol–water partition coefficient (Wildman–Crippen LogP) is 4.67. The molecule has 1 aliphatic carbocycles. The second-order valence-corrected chi connectivity index (χ2v) is 7.30. The van der Waals surface area contributed by atoms with Crippen LogP contribution in [0.15, 0.2) is 60.7 Å². The van der Waals surface area contributed by atoms with Crippen LogP contribution in [0.25, 0.3) is 0 Å². The molecule has 0 aromatic heterocycles. The maximum absolute atomic E-state index is 12.2. The smallest absolute Gasteiger partial charge is 0.308 e. The van der Waals surface area contributed by atoms with Crippen LogP contribution in [0, 0.1) is 11.8 Å². The number of methoxy groups -OCH3 is 1. The summed E-state index contributed by atoms with van der Waals surface area (Å²) in [4.78, 5) is 14.8. The third kappa shape index (κ3) is 4.53. The van der Waals surface area contributed by atoms with Crippen molar-refractivity contribution in [2.45, 2.75) is 45.3 Å². The molecule has 3 nitrogen and oxygen atoms in total. The highest BCUT2D eigenvalue weighted by Gasteiger charge is 2.40. The van der Waals surface area contributed by atoms with Crippen molar-refractivity contribution in [3.63, 3.8) is 0 Å². The van der Waals surface area contributed by atoms with Crippen molar-refractivity contribution in [3.05, 3.63) is 71.8 Å². The molecule has 1 saturated carbocycles. The summed E-state index contributed by atoms with van der Waals surface area (Å²) < 4.78 is 5.07. The molecule has 2 aromatic carbocycles. The number of carbonyl (C=O) groups excluding carboxylic acids is 1. The molecule has 3 atom stereocenters. The summed E-state index contributed by atoms with van der Waals surface area (Å²) in [5.41, 5.74) is 2.64. The molecule has 0 amide bonds. The molecular weight excluding hydrogens is 322 g/mol. The van der Waals surface area contributed by atoms with E-state index in [0.29, 0.717) is 12.0 Å². The minimum absolute atomic E-state index is 0.0315. The van der Waals surface area contributed by atoms with Crippen LogP contribution in [0.4, 0.5) is 0 Å². The maximum atomic E-state index is 12.2. The Hall–Kier alpha value is -2.13. The Labute approximate surface area is 157 Å². The van der Waals surface area contributed by atoms with E-state index in [1.54, 1.807) is 0 Å². The lowest BCUT2D eigenvalue weighted by Crippen LogP contribution is -2.33. The van der Waals surface area contributed by atoms with Gasteiger partial charge in [0.1, 0.15) is 0 Å². The van der Waals surface area contributed by atoms with Gasteiger partial charge in [-0.25, -0.2) is 0 Å². The maximum Gasteiger partial charge on any atom is 0.308 e. The second kappa shape index (κ2) is 9.00. The largest absolute Gasteiger partial charge is 0.469 e. The Kier molecular flexibility index (Phi) is 6.45. The first kappa shape index (κ1) is 18.7. The molecule has 26 heavy (non-hydrogen) atoms. The lowest BCUT2D eigenvalue weighted by Gasteiger charge is -2.29. The van der Waals surface area contributed by atoms with Gasteiger partial charge < -0.3 is 4.74 Å². The molecule has 3 unspecified atom stereocenters. The van der Waals surface area contributed by atoms with Gasteiger partial charge in [0.15, 0.2) is 0 Å². The fraction of sp³-hybridized carbons (Fsp3) is 0.435. The topological polar surface area (TPSA) is 29.5 Å². The standard InChI is InChI=1S/C23H29NO2/c1-3-20-14-21(15-22(20)23(25)26-2)24(16-18-10-6-4-7-11-18)17-19-12-8-5-9-13-19/h4-13,20-22H,3,14-17H2,1-2H3. The molecule has 0 aliphatic heterocycles. The van der Waals surface area contributed by atoms with Gasteiger partial charge >= 0.3 is 5.97 Å². The van der Waals surface area contributed by atoms with Crippen molar-refractivity contribution in [2.75, 3.05) is 7.11 Å². The van der Waals surface area contributed by atoms with Crippen molar-refractivity contribution < 1.29 is 9.53 Å². The van der Waals surface area contributed by atoms with E-state index in [0.717, 1.165) is 32.4 Å². The number of esters is 1. The van der Waals surface area contributed by atoms with E-state index in [9.17, 15) is 4.79 Å². The van der Waals surface area contributed by atoms with Crippen LogP contribution >= 0.6 is 0 Å². The Morgan fingerprint density at radius 2 is 1.50 bits per heavy atom. The fourth-order valence-corrected chi connectivity index (χ4v) is 4.23. The van der Waals surface area contributed by atoms with Gasteiger partial charge in [-0.2, -0.15) is 0 Å². The summed E-state index contributed by atoms with van der Waals surface area (Å²) in [6, 6.07) is 21.6. The number of rotatable bonds is 7. The normalized spacial score (nSPS) is 22.5. The first-order chi connectivity index (χ1) is 12.7. The van der Waals surface area contributed by atoms with Crippen molar-refractivity contribution in [1.29, 1.82) is 0 Å². The molecule has 1 aliphatic rings. The summed E-state index contributed by atoms with van der Waals surface area (Å²) in [5.74, 6) is 0.407. The van der Waals surface area contributed by atoms with Gasteiger partial charge in [-0.3, -0.25) is 9.69 Å². The second-order valence-electron chi connectivity index (χ2n) is 7.30. The summed E-state index contributed by atoms with van der Waals surface area (Å²) in [7, 11) is 1.51. The molecule has 3 rings (SSSR count). The number of nitrogens with zero attached hydrogens (tertiary/aromatic N) is 1. The highest BCUT2D eigenvalue weighted by molar-refractivity contribution is 5.73. The lowest BCUT2D eigenvalue weighted by molar-refractivity contribution is -0.146. The van der Waals surface area contributed by atoms with E-state index >= 15 is 0 Å². The Balaban J connectivity index is 1.79. The average molecular weight is 351 g/mol. The van der Waals surface area contributed by atoms with E-state index in [1.165, 1.54) is 18.2 Å². The molecule has 0 radical (unpaired) electrons. The van der Waals surface area contributed by atoms with Crippen LogP contribution in [-0.4, -0.2) is 24.0 Å². The number of hydrogen-bond donors (Lipinski definition) is 0. The minimum atomic E-state index is -0.0428. The van der Waals surface area contributed by atoms with E-state index in [-0.39, 0.29) is 11.9 Å². The van der Waals surface area contributed by atoms with Gasteiger partial charge in [-0.05, 0) is 29.9 Å². The zero-order valence-corrected chi connectivity index (χ0v) is 15.8. The van der Waals surface area contributed by atoms with E-state index < -0.39 is 0 Å². The van der Waals surface area contributed by atoms with Gasteiger partial charge in [-0.15, -0.1) is 0 Å². The van der Waals surface area contributed by atoms with Crippen LogP contribution in [0.1, 0.15) is 37.3 Å². The van der Waals surface area contributed by atoms with Crippen LogP contribution in [0.2, 0.25) is 0 Å². The summed E-state index contributed by atoms with van der Waals surface area (Å²) in [5, 5.41) is 0. The van der Waals surface area contributed by atoms with Crippen LogP contribution < -0.4 is 0 Å². The first-order valence-electron chi connectivity index (χ1n) is 9.61. The van der Waals surface area contributed by atoms with Gasteiger partial charge in [0, 0.05) is 19.1 Å². The zero-order valence-electron chi connectivity index (χ0n) is 15.8. The summed E-state index contributed by atoms with van der Waals surface area (Å²) in [6.45, 7) is 4.00. The van der Waals surface area contributed by atoms with Crippen LogP contribution in [-0.2, 0) is 22.6 Å². The van der Waals surface area contributed by atoms with Gasteiger partial charge in [-0.1, -0.05) is 74.0 Å². The van der Waals surface area contributed by atoms with Gasteiger partial charge in [0.25, 0.3) is 0 Å². The SMILES string of the molecule is CCC1CC(N(Cc2ccccc2)Cc2ccccc2)CC1C(=O)OC. The van der Waals surface area contributed by atoms with Gasteiger partial charge in [0.05, 0.1) is 13.0 Å². The molecule has 0 heterocycles. The molecule has 0 saturated heterocycles. The molecular formula is C23H29NO2. The first-order valence-corrected chi connectivity index (χ1v) is 9.61. The summed E-state index contributed by atoms with van der Waals surface area (Å²) in [6.07, 6.45) is 2.99. The van der Waals surface area contributed by atoms with Crippen molar-refractivity contribution >= 4 is 5.97 Å². The van der Waals surface area contributed by atoms with Crippen molar-refractivity contribution in [3.8, 4) is 0 Å². The highest BCUT2D eigenvalue weighted by atomic mass is 16.5. The van der Waals surface area contributed by atoms with E-state index in [2.05, 4.69) is 72.5 Å². The fourth-order valence-electron chi connectivity index (χ4n) is 4.23. The predicted molar refractivity (Wildman–Crippen MR) is 104 cm³/mol. The van der Waals surface area contributed by atoms with E-state index in [1.807, 2.05) is 0 Å². The van der Waals surface area contributed by atoms with Gasteiger partial charge in [0.2, 0.25) is 0 Å². The quantitative estimate of drug-likeness (QED) is 0.679. The van der Waals surface area contributed by atoms with Crippen LogP contribution in [0.3, 0.4) is 0 Å². The molecule has 3 heteroatoms. The molecule has 138 valence electrons. The zero-order chi connectivity index (χ0) is 18.4. The third-order valence-corrected chi connectivity index (χ3v) is 5.67. The number of carbonyl (C=O) groups is 1. The van der Waals surface area contributed by atoms with Crippen LogP contribution in [0.5, 0.6) is 0 Å². The molecule has 0 spiro atoms.